The Morgan fingerprint density at radius 1 is 1.02 bits per heavy atom. The number of hydrogen-bond acceptors (Lipinski definition) is 15. The highest BCUT2D eigenvalue weighted by molar-refractivity contribution is 6.07. The molecule has 1 unspecified atom stereocenters. The van der Waals surface area contributed by atoms with Gasteiger partial charge in [0, 0.05) is 64.3 Å². The molecule has 5 aromatic rings. The normalized spacial score (nSPS) is 20.1. The number of fused-ring (bicyclic) bond motifs is 1. The molecule has 0 aromatic carbocycles. The van der Waals surface area contributed by atoms with Crippen LogP contribution in [-0.2, 0) is 21.5 Å². The number of aromatic nitrogens is 9. The van der Waals surface area contributed by atoms with E-state index in [1.165, 1.54) is 11.0 Å². The summed E-state index contributed by atoms with van der Waals surface area (Å²) in [5, 5.41) is 19.4. The van der Waals surface area contributed by atoms with Crippen LogP contribution in [0.15, 0.2) is 35.4 Å². The van der Waals surface area contributed by atoms with Crippen LogP contribution in [-0.4, -0.2) is 138 Å². The van der Waals surface area contributed by atoms with Crippen LogP contribution >= 0.6 is 0 Å². The molecule has 1 spiro atoms. The van der Waals surface area contributed by atoms with Crippen LogP contribution in [0.25, 0.3) is 17.0 Å². The molecule has 4 aliphatic rings. The second kappa shape index (κ2) is 14.2. The Balaban J connectivity index is 0.752. The van der Waals surface area contributed by atoms with Crippen molar-refractivity contribution in [3.63, 3.8) is 0 Å². The van der Waals surface area contributed by atoms with Crippen molar-refractivity contribution in [3.8, 4) is 11.5 Å². The molecule has 3 N–H and O–H groups in total. The number of piperazine rings is 1. The summed E-state index contributed by atoms with van der Waals surface area (Å²) in [6.07, 6.45) is 3.51. The summed E-state index contributed by atoms with van der Waals surface area (Å²) in [6, 6.07) is 1.22. The zero-order valence-corrected chi connectivity index (χ0v) is 32.3. The Morgan fingerprint density at radius 3 is 2.56 bits per heavy atom. The molecule has 23 heteroatoms. The Morgan fingerprint density at radius 2 is 1.81 bits per heavy atom. The van der Waals surface area contributed by atoms with Gasteiger partial charge in [0.2, 0.25) is 11.7 Å². The van der Waals surface area contributed by atoms with Gasteiger partial charge < -0.3 is 24.4 Å². The first-order chi connectivity index (χ1) is 28.2. The maximum absolute atomic E-state index is 13.3. The molecule has 59 heavy (non-hydrogen) atoms. The van der Waals surface area contributed by atoms with Gasteiger partial charge >= 0.3 is 12.2 Å². The number of aromatic amines is 1. The molecule has 4 amide bonds. The van der Waals surface area contributed by atoms with Crippen LogP contribution in [0.1, 0.15) is 54.6 Å². The van der Waals surface area contributed by atoms with E-state index in [4.69, 9.17) is 14.2 Å². The van der Waals surface area contributed by atoms with Gasteiger partial charge in [-0.05, 0) is 27.2 Å². The molecule has 9 rings (SSSR count). The lowest BCUT2D eigenvalue weighted by molar-refractivity contribution is -0.182. The van der Waals surface area contributed by atoms with Gasteiger partial charge in [-0.15, -0.1) is 0 Å². The first-order valence-corrected chi connectivity index (χ1v) is 19.1. The summed E-state index contributed by atoms with van der Waals surface area (Å²) in [4.78, 5) is 62.8. The number of carbonyl (C=O) groups is 3. The lowest BCUT2D eigenvalue weighted by Gasteiger charge is -2.49. The van der Waals surface area contributed by atoms with Crippen molar-refractivity contribution in [2.24, 2.45) is 0 Å². The number of nitrogens with one attached hydrogen (secondary N) is 3. The highest BCUT2D eigenvalue weighted by Crippen LogP contribution is 2.41. The fourth-order valence-electron chi connectivity index (χ4n) is 7.85. The third-order valence-electron chi connectivity index (χ3n) is 11.5. The predicted molar refractivity (Wildman–Crippen MR) is 200 cm³/mol. The van der Waals surface area contributed by atoms with Crippen molar-refractivity contribution >= 4 is 40.6 Å². The van der Waals surface area contributed by atoms with Crippen molar-refractivity contribution in [3.05, 3.63) is 54.0 Å². The molecule has 1 atom stereocenters. The third kappa shape index (κ3) is 7.06. The highest BCUT2D eigenvalue weighted by Gasteiger charge is 2.52. The zero-order chi connectivity index (χ0) is 41.3. The van der Waals surface area contributed by atoms with Crippen LogP contribution in [0, 0.1) is 6.92 Å². The van der Waals surface area contributed by atoms with Crippen molar-refractivity contribution in [2.45, 2.75) is 63.4 Å². The Bertz CT molecular complexity index is 2430. The summed E-state index contributed by atoms with van der Waals surface area (Å²) in [5.74, 6) is -0.393. The Labute approximate surface area is 333 Å². The van der Waals surface area contributed by atoms with E-state index < -0.39 is 29.4 Å². The highest BCUT2D eigenvalue weighted by atomic mass is 19.4. The number of ether oxygens (including phenoxy) is 1. The second-order valence-corrected chi connectivity index (χ2v) is 15.7. The van der Waals surface area contributed by atoms with Gasteiger partial charge in [-0.1, -0.05) is 5.16 Å². The van der Waals surface area contributed by atoms with E-state index in [1.807, 2.05) is 13.1 Å². The Kier molecular flexibility index (Phi) is 9.25. The van der Waals surface area contributed by atoms with Crippen LogP contribution in [0.3, 0.4) is 0 Å². The van der Waals surface area contributed by atoms with E-state index in [2.05, 4.69) is 60.7 Å². The molecule has 9 heterocycles. The van der Waals surface area contributed by atoms with Crippen LogP contribution in [0.5, 0.6) is 0 Å². The number of imide groups is 1. The molecule has 0 aliphatic carbocycles. The minimum Gasteiger partial charge on any atom is -0.370 e. The maximum atomic E-state index is 13.3. The molecule has 310 valence electrons. The fourth-order valence-corrected chi connectivity index (χ4v) is 7.85. The summed E-state index contributed by atoms with van der Waals surface area (Å²) in [6.45, 7) is 9.24. The van der Waals surface area contributed by atoms with E-state index in [-0.39, 0.29) is 47.6 Å². The summed E-state index contributed by atoms with van der Waals surface area (Å²) in [7, 11) is 0. The smallest absolute Gasteiger partial charge is 0.370 e. The largest absolute Gasteiger partial charge is 0.401 e. The molecule has 4 saturated heterocycles. The molecular weight excluding hydrogens is 779 g/mol. The minimum atomic E-state index is -4.55. The fraction of sp³-hybridized carbons (Fsp3) is 0.500. The number of halogens is 3. The van der Waals surface area contributed by atoms with E-state index in [0.29, 0.717) is 43.5 Å². The standard InChI is InChI=1S/C36H40F3N15O5/c1-20-23(12-41-30(44-20)22-10-26(59-49-22)31(56)42-15-27-45-32(48-47-27)34(2,3)36(37,38)39)52-18-35(19-52)11-21(17-58-35)50-6-8-51(9-7-50)28-16-54-25(13-40-28)24(14-43-54)53-5-4-29(55)46-33(53)57/h10,12-14,16,21H,4-9,11,15,17-19H2,1-3H3,(H,42,56)(H,45,47,48)(H,46,55,57). The molecule has 0 bridgehead atoms. The van der Waals surface area contributed by atoms with E-state index in [9.17, 15) is 27.6 Å². The van der Waals surface area contributed by atoms with E-state index in [1.54, 1.807) is 23.1 Å². The van der Waals surface area contributed by atoms with Crippen molar-refractivity contribution in [1.29, 1.82) is 0 Å². The number of anilines is 3. The van der Waals surface area contributed by atoms with Gasteiger partial charge in [0.25, 0.3) is 5.91 Å². The van der Waals surface area contributed by atoms with Crippen molar-refractivity contribution < 1.29 is 36.8 Å². The van der Waals surface area contributed by atoms with Gasteiger partial charge in [-0.25, -0.2) is 29.2 Å². The number of hydrogen-bond donors (Lipinski definition) is 3. The van der Waals surface area contributed by atoms with Gasteiger partial charge in [0.05, 0.1) is 55.0 Å². The molecule has 20 nitrogen and oxygen atoms in total. The summed E-state index contributed by atoms with van der Waals surface area (Å²) >= 11 is 0. The van der Waals surface area contributed by atoms with Crippen molar-refractivity contribution in [1.82, 2.24) is 60.4 Å². The summed E-state index contributed by atoms with van der Waals surface area (Å²) in [5.41, 5.74) is 0.600. The monoisotopic (exact) mass is 819 g/mol. The van der Waals surface area contributed by atoms with Crippen LogP contribution < -0.4 is 25.3 Å². The van der Waals surface area contributed by atoms with Crippen LogP contribution in [0.2, 0.25) is 0 Å². The molecule has 4 fully saturated rings. The summed E-state index contributed by atoms with van der Waals surface area (Å²) < 4.78 is 53.4. The van der Waals surface area contributed by atoms with Crippen molar-refractivity contribution in [2.75, 3.05) is 67.1 Å². The maximum Gasteiger partial charge on any atom is 0.401 e. The number of rotatable bonds is 9. The topological polar surface area (TPSA) is 221 Å². The molecule has 0 radical (unpaired) electrons. The lowest BCUT2D eigenvalue weighted by atomic mass is 9.88. The number of H-pyrrole nitrogens is 1. The van der Waals surface area contributed by atoms with Gasteiger partial charge in [-0.2, -0.15) is 23.4 Å². The number of nitrogens with zero attached hydrogens (tertiary/aromatic N) is 12. The molecular formula is C36H40F3N15O5. The number of amides is 4. The molecule has 5 aromatic heterocycles. The number of alkyl halides is 3. The van der Waals surface area contributed by atoms with Gasteiger partial charge in [-0.3, -0.25) is 29.8 Å². The average Bonchev–Trinajstić information content (AvgIpc) is 4.03. The van der Waals surface area contributed by atoms with Gasteiger partial charge in [0.1, 0.15) is 28.2 Å². The number of urea groups is 1. The zero-order valence-electron chi connectivity index (χ0n) is 32.3. The van der Waals surface area contributed by atoms with Gasteiger partial charge in [0.15, 0.2) is 17.3 Å². The third-order valence-corrected chi connectivity index (χ3v) is 11.5. The first-order valence-electron chi connectivity index (χ1n) is 19.1. The number of carbonyl (C=O) groups excluding carboxylic acids is 3. The van der Waals surface area contributed by atoms with E-state index in [0.717, 1.165) is 63.6 Å². The van der Waals surface area contributed by atoms with Crippen LogP contribution in [0.4, 0.5) is 35.2 Å². The SMILES string of the molecule is Cc1nc(-c2cc(C(=O)NCc3nc(C(C)(C)C(F)(F)F)n[nH]3)on2)ncc1N1CC2(CC(N3CCN(c4cn5ncc(N6CCC(=O)NC6=O)c5cn4)CC3)CO2)C1. The van der Waals surface area contributed by atoms with E-state index >= 15 is 0 Å². The predicted octanol–water partition coefficient (Wildman–Crippen LogP) is 1.99. The quantitative estimate of drug-likeness (QED) is 0.194. The lowest BCUT2D eigenvalue weighted by Crippen LogP contribution is -2.62. The average molecular weight is 820 g/mol. The Hall–Kier alpha value is -6.23. The molecule has 0 saturated carbocycles. The molecule has 4 aliphatic heterocycles. The number of aryl methyl sites for hydroxylation is 1. The minimum absolute atomic E-state index is 0.0493. The second-order valence-electron chi connectivity index (χ2n) is 15.7. The first kappa shape index (κ1) is 38.3.